The summed E-state index contributed by atoms with van der Waals surface area (Å²) in [6, 6.07) is 1.84. The summed E-state index contributed by atoms with van der Waals surface area (Å²) in [5, 5.41) is 23.6. The van der Waals surface area contributed by atoms with Gasteiger partial charge in [0.15, 0.2) is 6.23 Å². The topological polar surface area (TPSA) is 91.5 Å². The monoisotopic (exact) mass is 300 g/mol. The van der Waals surface area contributed by atoms with Gasteiger partial charge in [-0.3, -0.25) is 9.67 Å². The van der Waals surface area contributed by atoms with Gasteiger partial charge in [0, 0.05) is 42.8 Å². The van der Waals surface area contributed by atoms with Gasteiger partial charge >= 0.3 is 5.97 Å². The first kappa shape index (κ1) is 14.3. The van der Waals surface area contributed by atoms with Crippen LogP contribution in [0.25, 0.3) is 17.3 Å². The Morgan fingerprint density at radius 3 is 2.77 bits per heavy atom. The Kier molecular flexibility index (Phi) is 3.42. The van der Waals surface area contributed by atoms with E-state index in [0.29, 0.717) is 12.1 Å². The maximum absolute atomic E-state index is 11.2. The molecular weight excluding hydrogens is 284 g/mol. The smallest absolute Gasteiger partial charge is 0.336 e. The molecule has 0 aromatic carbocycles. The molecule has 7 nitrogen and oxygen atoms in total. The van der Waals surface area contributed by atoms with Crippen molar-refractivity contribution in [1.29, 1.82) is 0 Å². The third-order valence-electron chi connectivity index (χ3n) is 3.69. The third kappa shape index (κ3) is 2.25. The number of aliphatic hydroxyl groups is 1. The average molecular weight is 300 g/mol. The van der Waals surface area contributed by atoms with Crippen LogP contribution in [-0.2, 0) is 11.8 Å². The van der Waals surface area contributed by atoms with Gasteiger partial charge in [-0.25, -0.2) is 4.79 Å². The van der Waals surface area contributed by atoms with Gasteiger partial charge < -0.3 is 15.1 Å². The van der Waals surface area contributed by atoms with Crippen LogP contribution in [0, 0.1) is 0 Å². The molecule has 3 rings (SSSR count). The molecule has 3 heterocycles. The van der Waals surface area contributed by atoms with E-state index in [9.17, 15) is 15.0 Å². The van der Waals surface area contributed by atoms with Crippen LogP contribution in [0.4, 0.5) is 5.69 Å². The Morgan fingerprint density at radius 1 is 1.41 bits per heavy atom. The SMILES string of the molecule is CCN1c2cc(-c3cnn(C)c3)ncc2C=C(C(=O)O)C1O. The highest BCUT2D eigenvalue weighted by atomic mass is 16.4. The Balaban J connectivity index is 2.12. The number of hydrogen-bond donors (Lipinski definition) is 2. The van der Waals surface area contributed by atoms with Crippen molar-refractivity contribution in [3.05, 3.63) is 35.8 Å². The Labute approximate surface area is 127 Å². The van der Waals surface area contributed by atoms with E-state index >= 15 is 0 Å². The molecule has 22 heavy (non-hydrogen) atoms. The zero-order valence-corrected chi connectivity index (χ0v) is 12.3. The van der Waals surface area contributed by atoms with Gasteiger partial charge in [-0.15, -0.1) is 0 Å². The van der Waals surface area contributed by atoms with Crippen molar-refractivity contribution in [1.82, 2.24) is 14.8 Å². The molecule has 0 radical (unpaired) electrons. The van der Waals surface area contributed by atoms with Crippen molar-refractivity contribution in [2.24, 2.45) is 7.05 Å². The molecule has 114 valence electrons. The molecule has 0 aliphatic carbocycles. The number of aromatic nitrogens is 3. The summed E-state index contributed by atoms with van der Waals surface area (Å²) in [6.45, 7) is 2.34. The van der Waals surface area contributed by atoms with E-state index in [1.54, 1.807) is 22.0 Å². The highest BCUT2D eigenvalue weighted by molar-refractivity contribution is 5.97. The predicted molar refractivity (Wildman–Crippen MR) is 81.1 cm³/mol. The van der Waals surface area contributed by atoms with E-state index in [0.717, 1.165) is 16.9 Å². The standard InChI is InChI=1S/C15H16N4O3/c1-3-19-13-5-12(10-7-17-18(2)8-10)16-6-9(13)4-11(14(19)20)15(21)22/h4-8,14,20H,3H2,1-2H3,(H,21,22). The van der Waals surface area contributed by atoms with Crippen LogP contribution in [0.1, 0.15) is 12.5 Å². The van der Waals surface area contributed by atoms with Crippen molar-refractivity contribution in [3.8, 4) is 11.3 Å². The molecule has 0 saturated carbocycles. The number of anilines is 1. The minimum absolute atomic E-state index is 0.0507. The van der Waals surface area contributed by atoms with Gasteiger partial charge in [-0.2, -0.15) is 5.10 Å². The largest absolute Gasteiger partial charge is 0.478 e. The number of rotatable bonds is 3. The zero-order valence-electron chi connectivity index (χ0n) is 12.3. The maximum atomic E-state index is 11.2. The number of pyridine rings is 1. The minimum Gasteiger partial charge on any atom is -0.478 e. The normalized spacial score (nSPS) is 17.1. The van der Waals surface area contributed by atoms with Crippen molar-refractivity contribution in [2.45, 2.75) is 13.2 Å². The van der Waals surface area contributed by atoms with Crippen molar-refractivity contribution in [2.75, 3.05) is 11.4 Å². The molecule has 1 aliphatic heterocycles. The lowest BCUT2D eigenvalue weighted by Crippen LogP contribution is -2.41. The van der Waals surface area contributed by atoms with Gasteiger partial charge in [0.2, 0.25) is 0 Å². The Hall–Kier alpha value is -2.67. The lowest BCUT2D eigenvalue weighted by Gasteiger charge is -2.34. The summed E-state index contributed by atoms with van der Waals surface area (Å²) in [5.41, 5.74) is 2.98. The molecule has 1 atom stereocenters. The Morgan fingerprint density at radius 2 is 2.18 bits per heavy atom. The second-order valence-corrected chi connectivity index (χ2v) is 5.10. The molecule has 2 aromatic heterocycles. The van der Waals surface area contributed by atoms with E-state index < -0.39 is 12.2 Å². The lowest BCUT2D eigenvalue weighted by molar-refractivity contribution is -0.133. The number of likely N-dealkylation sites (N-methyl/N-ethyl adjacent to an activating group) is 1. The minimum atomic E-state index is -1.17. The molecule has 2 aromatic rings. The van der Waals surface area contributed by atoms with Crippen LogP contribution in [0.3, 0.4) is 0 Å². The Bertz CT molecular complexity index is 766. The second kappa shape index (κ2) is 5.27. The van der Waals surface area contributed by atoms with E-state index in [2.05, 4.69) is 10.1 Å². The van der Waals surface area contributed by atoms with E-state index in [-0.39, 0.29) is 5.57 Å². The first-order chi connectivity index (χ1) is 10.5. The number of carbonyl (C=O) groups is 1. The van der Waals surface area contributed by atoms with Gasteiger partial charge in [0.1, 0.15) is 0 Å². The molecule has 0 bridgehead atoms. The summed E-state index contributed by atoms with van der Waals surface area (Å²) >= 11 is 0. The predicted octanol–water partition coefficient (Wildman–Crippen LogP) is 1.11. The molecule has 0 fully saturated rings. The molecule has 2 N–H and O–H groups in total. The molecular formula is C15H16N4O3. The molecule has 0 spiro atoms. The van der Waals surface area contributed by atoms with E-state index in [1.165, 1.54) is 6.08 Å². The average Bonchev–Trinajstić information content (AvgIpc) is 2.92. The number of hydrogen-bond acceptors (Lipinski definition) is 5. The van der Waals surface area contributed by atoms with Crippen LogP contribution < -0.4 is 4.90 Å². The summed E-state index contributed by atoms with van der Waals surface area (Å²) in [5.74, 6) is -1.13. The highest BCUT2D eigenvalue weighted by Gasteiger charge is 2.30. The molecule has 1 unspecified atom stereocenters. The number of aliphatic carboxylic acids is 1. The van der Waals surface area contributed by atoms with E-state index in [4.69, 9.17) is 0 Å². The fraction of sp³-hybridized carbons (Fsp3) is 0.267. The third-order valence-corrected chi connectivity index (χ3v) is 3.69. The van der Waals surface area contributed by atoms with Crippen LogP contribution in [-0.4, -0.2) is 43.7 Å². The van der Waals surface area contributed by atoms with Gasteiger partial charge in [0.25, 0.3) is 0 Å². The first-order valence-corrected chi connectivity index (χ1v) is 6.90. The fourth-order valence-corrected chi connectivity index (χ4v) is 2.58. The van der Waals surface area contributed by atoms with Crippen molar-refractivity contribution >= 4 is 17.7 Å². The number of carboxylic acids is 1. The molecule has 0 saturated heterocycles. The highest BCUT2D eigenvalue weighted by Crippen LogP contribution is 2.33. The zero-order chi connectivity index (χ0) is 15.9. The molecule has 1 aliphatic rings. The van der Waals surface area contributed by atoms with E-state index in [1.807, 2.05) is 26.2 Å². The fourth-order valence-electron chi connectivity index (χ4n) is 2.58. The number of nitrogens with zero attached hydrogens (tertiary/aromatic N) is 4. The maximum Gasteiger partial charge on any atom is 0.336 e. The van der Waals surface area contributed by atoms with Crippen molar-refractivity contribution < 1.29 is 15.0 Å². The van der Waals surface area contributed by atoms with Gasteiger partial charge in [-0.1, -0.05) is 0 Å². The molecule has 0 amide bonds. The van der Waals surface area contributed by atoms with Gasteiger partial charge in [0.05, 0.1) is 17.5 Å². The number of aryl methyl sites for hydroxylation is 1. The summed E-state index contributed by atoms with van der Waals surface area (Å²) in [7, 11) is 1.83. The first-order valence-electron chi connectivity index (χ1n) is 6.90. The number of aliphatic hydroxyl groups excluding tert-OH is 1. The quantitative estimate of drug-likeness (QED) is 0.882. The second-order valence-electron chi connectivity index (χ2n) is 5.10. The summed E-state index contributed by atoms with van der Waals surface area (Å²) < 4.78 is 1.69. The van der Waals surface area contributed by atoms with Crippen LogP contribution >= 0.6 is 0 Å². The number of carboxylic acid groups (broad SMARTS) is 1. The van der Waals surface area contributed by atoms with Crippen LogP contribution in [0.15, 0.2) is 30.2 Å². The number of fused-ring (bicyclic) bond motifs is 1. The van der Waals surface area contributed by atoms with Crippen molar-refractivity contribution in [3.63, 3.8) is 0 Å². The lowest BCUT2D eigenvalue weighted by atomic mass is 10.0. The molecule has 7 heteroatoms. The van der Waals surface area contributed by atoms with Crippen LogP contribution in [0.5, 0.6) is 0 Å². The summed E-state index contributed by atoms with van der Waals surface area (Å²) in [4.78, 5) is 17.2. The van der Waals surface area contributed by atoms with Crippen LogP contribution in [0.2, 0.25) is 0 Å². The van der Waals surface area contributed by atoms with Gasteiger partial charge in [-0.05, 0) is 19.1 Å². The summed E-state index contributed by atoms with van der Waals surface area (Å²) in [6.07, 6.45) is 5.48.